The van der Waals surface area contributed by atoms with Crippen LogP contribution in [-0.4, -0.2) is 177 Å². The monoisotopic (exact) mass is 590 g/mol. The van der Waals surface area contributed by atoms with Gasteiger partial charge in [0.15, 0.2) is 24.8 Å². The van der Waals surface area contributed by atoms with E-state index in [0.717, 1.165) is 0 Å². The Kier molecular flexibility index (Phi) is 10.0. The molecule has 3 aliphatic rings. The second-order valence-electron chi connectivity index (χ2n) is 9.37. The molecule has 3 fully saturated rings. The standard InChI is InChI=1S/C20H30O20/c21-2-3(22)11-12(37-18-10(28)6(24)8(26)14(39-18)16(31)32)4(1-20(35,40-11)19(33)34)36-17-9(27)5(23)7(25)13(38-17)15(29)30/h3-14,17-18,21-28,35H,1-2H2,(H,29,30)(H,31,32)(H,33,34)/t3-,4-,5+,6+,7-,8-,9-,10-,11-,12-,13+,14+,17+,18+,20-/m1/s1. The molecule has 12 N–H and O–H groups in total. The van der Waals surface area contributed by atoms with Crippen LogP contribution in [0.3, 0.4) is 0 Å². The predicted molar refractivity (Wildman–Crippen MR) is 114 cm³/mol. The average molecular weight is 590 g/mol. The summed E-state index contributed by atoms with van der Waals surface area (Å²) in [5, 5.41) is 119. The van der Waals surface area contributed by atoms with Gasteiger partial charge in [-0.15, -0.1) is 0 Å². The molecule has 3 rings (SSSR count). The minimum Gasteiger partial charge on any atom is -0.479 e. The highest BCUT2D eigenvalue weighted by atomic mass is 16.8. The van der Waals surface area contributed by atoms with Crippen LogP contribution in [0.15, 0.2) is 0 Å². The highest BCUT2D eigenvalue weighted by Crippen LogP contribution is 2.37. The van der Waals surface area contributed by atoms with Crippen LogP contribution in [0.5, 0.6) is 0 Å². The molecule has 0 aromatic heterocycles. The van der Waals surface area contributed by atoms with Crippen molar-refractivity contribution in [2.75, 3.05) is 6.61 Å². The molecule has 20 heteroatoms. The lowest BCUT2D eigenvalue weighted by Crippen LogP contribution is -2.68. The molecule has 0 unspecified atom stereocenters. The predicted octanol–water partition coefficient (Wildman–Crippen LogP) is -7.54. The van der Waals surface area contributed by atoms with Crippen LogP contribution >= 0.6 is 0 Å². The third-order valence-electron chi connectivity index (χ3n) is 6.63. The summed E-state index contributed by atoms with van der Waals surface area (Å²) in [6, 6.07) is 0. The van der Waals surface area contributed by atoms with E-state index in [0.29, 0.717) is 0 Å². The summed E-state index contributed by atoms with van der Waals surface area (Å²) in [5.74, 6) is -8.89. The second-order valence-corrected chi connectivity index (χ2v) is 9.37. The largest absolute Gasteiger partial charge is 0.479 e. The van der Waals surface area contributed by atoms with Crippen molar-refractivity contribution in [2.45, 2.75) is 98.0 Å². The Morgan fingerprint density at radius 3 is 1.62 bits per heavy atom. The molecule has 15 atom stereocenters. The van der Waals surface area contributed by atoms with Crippen molar-refractivity contribution in [2.24, 2.45) is 0 Å². The van der Waals surface area contributed by atoms with Crippen molar-refractivity contribution in [3.05, 3.63) is 0 Å². The Bertz CT molecular complexity index is 932. The van der Waals surface area contributed by atoms with Gasteiger partial charge in [-0.3, -0.25) is 0 Å². The van der Waals surface area contributed by atoms with Gasteiger partial charge in [-0.05, 0) is 0 Å². The number of rotatable bonds is 9. The number of ether oxygens (including phenoxy) is 5. The molecule has 0 aliphatic carbocycles. The summed E-state index contributed by atoms with van der Waals surface area (Å²) < 4.78 is 25.9. The van der Waals surface area contributed by atoms with Gasteiger partial charge in [0.25, 0.3) is 5.79 Å². The molecule has 0 bridgehead atoms. The molecule has 0 amide bonds. The van der Waals surface area contributed by atoms with Gasteiger partial charge in [0, 0.05) is 6.42 Å². The SMILES string of the molecule is O=C(O)[C@H]1O[C@H](O[C@@H]2C[C@](O)(C(=O)O)O[C@H]([C@H](O)CO)[C@@H]2O[C@H]2O[C@H](C(=O)O)[C@H](O)[C@H](O)[C@H]2O)[C@H](O)[C@@H](O)[C@H]1O. The Hall–Kier alpha value is -2.15. The molecule has 3 saturated heterocycles. The summed E-state index contributed by atoms with van der Waals surface area (Å²) in [5.41, 5.74) is 0. The van der Waals surface area contributed by atoms with Crippen molar-refractivity contribution >= 4 is 17.9 Å². The number of carbonyl (C=O) groups is 3. The zero-order valence-corrected chi connectivity index (χ0v) is 20.1. The summed E-state index contributed by atoms with van der Waals surface area (Å²) >= 11 is 0. The van der Waals surface area contributed by atoms with Crippen molar-refractivity contribution in [1.82, 2.24) is 0 Å². The van der Waals surface area contributed by atoms with Crippen molar-refractivity contribution in [1.29, 1.82) is 0 Å². The van der Waals surface area contributed by atoms with Crippen molar-refractivity contribution in [3.63, 3.8) is 0 Å². The lowest BCUT2D eigenvalue weighted by Gasteiger charge is -2.49. The van der Waals surface area contributed by atoms with E-state index < -0.39 is 123 Å². The minimum atomic E-state index is -3.21. The van der Waals surface area contributed by atoms with Crippen LogP contribution in [0, 0.1) is 0 Å². The van der Waals surface area contributed by atoms with Gasteiger partial charge in [0.05, 0.1) is 12.7 Å². The highest BCUT2D eigenvalue weighted by molar-refractivity contribution is 5.75. The van der Waals surface area contributed by atoms with Gasteiger partial charge in [0.2, 0.25) is 0 Å². The number of hydrogen-bond donors (Lipinski definition) is 12. The molecule has 0 aromatic rings. The minimum absolute atomic E-state index is 1.17. The van der Waals surface area contributed by atoms with E-state index in [1.165, 1.54) is 0 Å². The fourth-order valence-corrected chi connectivity index (χ4v) is 4.43. The van der Waals surface area contributed by atoms with E-state index in [1.54, 1.807) is 0 Å². The number of aliphatic hydroxyl groups excluding tert-OH is 8. The lowest BCUT2D eigenvalue weighted by molar-refractivity contribution is -0.380. The normalized spacial score (nSPS) is 46.9. The molecule has 0 spiro atoms. The maximum Gasteiger partial charge on any atom is 0.364 e. The molecule has 0 saturated carbocycles. The highest BCUT2D eigenvalue weighted by Gasteiger charge is 2.58. The molecule has 0 radical (unpaired) electrons. The first-order chi connectivity index (χ1) is 18.5. The van der Waals surface area contributed by atoms with E-state index in [9.17, 15) is 75.7 Å². The first kappa shape index (κ1) is 32.4. The molecule has 40 heavy (non-hydrogen) atoms. The molecule has 3 heterocycles. The summed E-state index contributed by atoms with van der Waals surface area (Å²) in [6.07, 6.45) is -31.1. The molecular formula is C20H30O20. The van der Waals surface area contributed by atoms with Gasteiger partial charge >= 0.3 is 17.9 Å². The van der Waals surface area contributed by atoms with E-state index in [-0.39, 0.29) is 0 Å². The molecule has 3 aliphatic heterocycles. The van der Waals surface area contributed by atoms with Crippen LogP contribution in [-0.2, 0) is 38.1 Å². The second kappa shape index (κ2) is 12.4. The maximum absolute atomic E-state index is 11.8. The van der Waals surface area contributed by atoms with Gasteiger partial charge in [0.1, 0.15) is 54.9 Å². The van der Waals surface area contributed by atoms with Crippen LogP contribution in [0.25, 0.3) is 0 Å². The Morgan fingerprint density at radius 1 is 0.775 bits per heavy atom. The molecule has 230 valence electrons. The molecule has 0 aromatic carbocycles. The van der Waals surface area contributed by atoms with Crippen LogP contribution in [0.1, 0.15) is 6.42 Å². The van der Waals surface area contributed by atoms with E-state index in [1.807, 2.05) is 0 Å². The Labute approximate surface area is 222 Å². The zero-order valence-electron chi connectivity index (χ0n) is 20.1. The number of carboxylic acids is 3. The third kappa shape index (κ3) is 6.19. The van der Waals surface area contributed by atoms with Crippen LogP contribution in [0.4, 0.5) is 0 Å². The Balaban J connectivity index is 2.00. The third-order valence-corrected chi connectivity index (χ3v) is 6.63. The quantitative estimate of drug-likeness (QED) is 0.119. The molecular weight excluding hydrogens is 560 g/mol. The number of aliphatic hydroxyl groups is 9. The van der Waals surface area contributed by atoms with Gasteiger partial charge in [-0.1, -0.05) is 0 Å². The van der Waals surface area contributed by atoms with Crippen LogP contribution < -0.4 is 0 Å². The Morgan fingerprint density at radius 2 is 1.23 bits per heavy atom. The number of carboxylic acid groups (broad SMARTS) is 3. The van der Waals surface area contributed by atoms with E-state index in [4.69, 9.17) is 23.7 Å². The maximum atomic E-state index is 11.8. The van der Waals surface area contributed by atoms with Crippen molar-refractivity contribution in [3.8, 4) is 0 Å². The number of hydrogen-bond acceptors (Lipinski definition) is 17. The van der Waals surface area contributed by atoms with Gasteiger partial charge < -0.3 is 85.0 Å². The topological polar surface area (TPSA) is 340 Å². The van der Waals surface area contributed by atoms with Gasteiger partial charge in [-0.2, -0.15) is 0 Å². The summed E-state index contributed by atoms with van der Waals surface area (Å²) in [4.78, 5) is 34.7. The zero-order chi connectivity index (χ0) is 30.3. The summed E-state index contributed by atoms with van der Waals surface area (Å²) in [7, 11) is 0. The van der Waals surface area contributed by atoms with Gasteiger partial charge in [-0.25, -0.2) is 14.4 Å². The first-order valence-electron chi connectivity index (χ1n) is 11.6. The fraction of sp³-hybridized carbons (Fsp3) is 0.850. The smallest absolute Gasteiger partial charge is 0.364 e. The van der Waals surface area contributed by atoms with Crippen LogP contribution in [0.2, 0.25) is 0 Å². The van der Waals surface area contributed by atoms with E-state index in [2.05, 4.69) is 0 Å². The lowest BCUT2D eigenvalue weighted by atomic mass is 9.91. The number of aliphatic carboxylic acids is 3. The first-order valence-corrected chi connectivity index (χ1v) is 11.6. The van der Waals surface area contributed by atoms with Crippen molar-refractivity contribution < 1.29 is 99.3 Å². The average Bonchev–Trinajstić information content (AvgIpc) is 2.89. The summed E-state index contributed by atoms with van der Waals surface area (Å²) in [6.45, 7) is -1.17. The molecule has 20 nitrogen and oxygen atoms in total. The fourth-order valence-electron chi connectivity index (χ4n) is 4.43. The van der Waals surface area contributed by atoms with E-state index >= 15 is 0 Å².